The number of furan rings is 1. The van der Waals surface area contributed by atoms with Crippen molar-refractivity contribution in [1.29, 1.82) is 0 Å². The van der Waals surface area contributed by atoms with Crippen molar-refractivity contribution in [3.05, 3.63) is 58.8 Å². The maximum atomic E-state index is 13.4. The Labute approximate surface area is 104 Å². The summed E-state index contributed by atoms with van der Waals surface area (Å²) < 4.78 is 18.4. The number of rotatable bonds is 4. The first kappa shape index (κ1) is 12.1. The molecular weight excluding hydrogens is 241 g/mol. The van der Waals surface area contributed by atoms with Gasteiger partial charge < -0.3 is 9.73 Å². The minimum Gasteiger partial charge on any atom is -0.472 e. The topological polar surface area (TPSA) is 25.2 Å². The van der Waals surface area contributed by atoms with Crippen molar-refractivity contribution in [3.63, 3.8) is 0 Å². The van der Waals surface area contributed by atoms with Crippen molar-refractivity contribution in [2.75, 3.05) is 7.05 Å². The molecule has 0 aliphatic carbocycles. The van der Waals surface area contributed by atoms with Crippen LogP contribution >= 0.6 is 11.6 Å². The monoisotopic (exact) mass is 253 g/mol. The van der Waals surface area contributed by atoms with Crippen LogP contribution in [-0.4, -0.2) is 7.05 Å². The summed E-state index contributed by atoms with van der Waals surface area (Å²) >= 11 is 5.97. The van der Waals surface area contributed by atoms with E-state index in [0.29, 0.717) is 6.42 Å². The number of benzene rings is 1. The highest BCUT2D eigenvalue weighted by molar-refractivity contribution is 6.31. The molecule has 0 aliphatic heterocycles. The minimum atomic E-state index is -0.392. The molecule has 0 spiro atoms. The largest absolute Gasteiger partial charge is 0.472 e. The molecule has 2 rings (SSSR count). The highest BCUT2D eigenvalue weighted by Crippen LogP contribution is 2.27. The van der Waals surface area contributed by atoms with Crippen LogP contribution in [0, 0.1) is 5.82 Å². The summed E-state index contributed by atoms with van der Waals surface area (Å²) in [5.41, 5.74) is 1.81. The van der Waals surface area contributed by atoms with E-state index >= 15 is 0 Å². The van der Waals surface area contributed by atoms with E-state index in [-0.39, 0.29) is 11.1 Å². The average Bonchev–Trinajstić information content (AvgIpc) is 2.83. The molecule has 0 amide bonds. The van der Waals surface area contributed by atoms with Crippen molar-refractivity contribution in [2.45, 2.75) is 12.5 Å². The Bertz CT molecular complexity index is 484. The van der Waals surface area contributed by atoms with Crippen LogP contribution in [0.5, 0.6) is 0 Å². The number of hydrogen-bond donors (Lipinski definition) is 1. The Balaban J connectivity index is 2.26. The first-order valence-electron chi connectivity index (χ1n) is 5.34. The average molecular weight is 254 g/mol. The molecule has 1 aromatic carbocycles. The van der Waals surface area contributed by atoms with Gasteiger partial charge in [0.25, 0.3) is 0 Å². The van der Waals surface area contributed by atoms with Gasteiger partial charge in [0.05, 0.1) is 17.5 Å². The summed E-state index contributed by atoms with van der Waals surface area (Å²) in [5.74, 6) is -0.392. The van der Waals surface area contributed by atoms with E-state index in [0.717, 1.165) is 11.1 Å². The molecule has 2 nitrogen and oxygen atoms in total. The third kappa shape index (κ3) is 2.68. The van der Waals surface area contributed by atoms with Gasteiger partial charge in [-0.25, -0.2) is 4.39 Å². The highest BCUT2D eigenvalue weighted by atomic mass is 35.5. The lowest BCUT2D eigenvalue weighted by molar-refractivity contribution is 0.549. The molecule has 1 heterocycles. The summed E-state index contributed by atoms with van der Waals surface area (Å²) in [6.45, 7) is 0. The standard InChI is InChI=1S/C13H13ClFNO/c1-16-12(7-9-5-6-17-8-9)10-3-2-4-11(15)13(10)14/h2-6,8,12,16H,7H2,1H3. The van der Waals surface area contributed by atoms with Gasteiger partial charge in [-0.2, -0.15) is 0 Å². The Morgan fingerprint density at radius 3 is 2.88 bits per heavy atom. The molecule has 0 saturated carbocycles. The Morgan fingerprint density at radius 2 is 2.24 bits per heavy atom. The molecule has 1 atom stereocenters. The third-order valence-corrected chi connectivity index (χ3v) is 3.12. The Hall–Kier alpha value is -1.32. The van der Waals surface area contributed by atoms with E-state index in [1.807, 2.05) is 19.2 Å². The second-order valence-electron chi connectivity index (χ2n) is 3.82. The summed E-state index contributed by atoms with van der Waals surface area (Å²) in [4.78, 5) is 0. The lowest BCUT2D eigenvalue weighted by Crippen LogP contribution is -2.19. The van der Waals surface area contributed by atoms with Crippen molar-refractivity contribution >= 4 is 11.6 Å². The fraction of sp³-hybridized carbons (Fsp3) is 0.231. The van der Waals surface area contributed by atoms with E-state index in [1.165, 1.54) is 6.07 Å². The Morgan fingerprint density at radius 1 is 1.41 bits per heavy atom. The second kappa shape index (κ2) is 5.34. The lowest BCUT2D eigenvalue weighted by Gasteiger charge is -2.17. The maximum absolute atomic E-state index is 13.4. The number of likely N-dealkylation sites (N-methyl/N-ethyl adjacent to an activating group) is 1. The molecule has 0 saturated heterocycles. The first-order valence-corrected chi connectivity index (χ1v) is 5.72. The van der Waals surface area contributed by atoms with Gasteiger partial charge in [-0.15, -0.1) is 0 Å². The van der Waals surface area contributed by atoms with Gasteiger partial charge in [-0.3, -0.25) is 0 Å². The van der Waals surface area contributed by atoms with Crippen LogP contribution in [-0.2, 0) is 6.42 Å². The van der Waals surface area contributed by atoms with E-state index in [1.54, 1.807) is 18.6 Å². The van der Waals surface area contributed by atoms with Crippen molar-refractivity contribution in [2.24, 2.45) is 0 Å². The molecule has 90 valence electrons. The first-order chi connectivity index (χ1) is 8.22. The van der Waals surface area contributed by atoms with E-state index in [2.05, 4.69) is 5.32 Å². The van der Waals surface area contributed by atoms with Crippen LogP contribution in [0.4, 0.5) is 4.39 Å². The maximum Gasteiger partial charge on any atom is 0.142 e. The molecule has 0 fully saturated rings. The molecule has 17 heavy (non-hydrogen) atoms. The molecule has 1 unspecified atom stereocenters. The fourth-order valence-electron chi connectivity index (χ4n) is 1.80. The Kier molecular flexibility index (Phi) is 3.82. The molecule has 1 aromatic heterocycles. The van der Waals surface area contributed by atoms with E-state index in [9.17, 15) is 4.39 Å². The van der Waals surface area contributed by atoms with E-state index in [4.69, 9.17) is 16.0 Å². The van der Waals surface area contributed by atoms with Crippen LogP contribution in [0.15, 0.2) is 41.2 Å². The number of nitrogens with one attached hydrogen (secondary N) is 1. The molecule has 0 bridgehead atoms. The smallest absolute Gasteiger partial charge is 0.142 e. The van der Waals surface area contributed by atoms with Crippen LogP contribution in [0.3, 0.4) is 0 Å². The zero-order valence-electron chi connectivity index (χ0n) is 9.41. The highest BCUT2D eigenvalue weighted by Gasteiger charge is 2.16. The van der Waals surface area contributed by atoms with Gasteiger partial charge in [0, 0.05) is 6.04 Å². The normalized spacial score (nSPS) is 12.6. The lowest BCUT2D eigenvalue weighted by atomic mass is 10.0. The SMILES string of the molecule is CNC(Cc1ccoc1)c1cccc(F)c1Cl. The van der Waals surface area contributed by atoms with E-state index < -0.39 is 5.82 Å². The van der Waals surface area contributed by atoms with Crippen molar-refractivity contribution < 1.29 is 8.81 Å². The third-order valence-electron chi connectivity index (χ3n) is 2.73. The fourth-order valence-corrected chi connectivity index (χ4v) is 2.06. The molecule has 0 radical (unpaired) electrons. The van der Waals surface area contributed by atoms with Crippen LogP contribution in [0.25, 0.3) is 0 Å². The van der Waals surface area contributed by atoms with Crippen molar-refractivity contribution in [1.82, 2.24) is 5.32 Å². The van der Waals surface area contributed by atoms with Crippen LogP contribution < -0.4 is 5.32 Å². The summed E-state index contributed by atoms with van der Waals surface area (Å²) in [6, 6.07) is 6.70. The number of hydrogen-bond acceptors (Lipinski definition) is 2. The molecule has 4 heteroatoms. The molecular formula is C13H13ClFNO. The molecule has 0 aliphatic rings. The predicted octanol–water partition coefficient (Wildman–Crippen LogP) is 3.58. The van der Waals surface area contributed by atoms with Gasteiger partial charge in [0.15, 0.2) is 0 Å². The molecule has 2 aromatic rings. The van der Waals surface area contributed by atoms with Gasteiger partial charge in [-0.1, -0.05) is 23.7 Å². The summed E-state index contributed by atoms with van der Waals surface area (Å²) in [6.07, 6.45) is 4.00. The van der Waals surface area contributed by atoms with Gasteiger partial charge >= 0.3 is 0 Å². The predicted molar refractivity (Wildman–Crippen MR) is 65.6 cm³/mol. The van der Waals surface area contributed by atoms with Crippen LogP contribution in [0.1, 0.15) is 17.2 Å². The van der Waals surface area contributed by atoms with Gasteiger partial charge in [0.1, 0.15) is 5.82 Å². The van der Waals surface area contributed by atoms with Crippen molar-refractivity contribution in [3.8, 4) is 0 Å². The molecule has 1 N–H and O–H groups in total. The number of halogens is 2. The summed E-state index contributed by atoms with van der Waals surface area (Å²) in [5, 5.41) is 3.31. The zero-order chi connectivity index (χ0) is 12.3. The van der Waals surface area contributed by atoms with Gasteiger partial charge in [0.2, 0.25) is 0 Å². The quantitative estimate of drug-likeness (QED) is 0.901. The van der Waals surface area contributed by atoms with Gasteiger partial charge in [-0.05, 0) is 36.7 Å². The summed E-state index contributed by atoms with van der Waals surface area (Å²) in [7, 11) is 1.83. The minimum absolute atomic E-state index is 0.0317. The van der Waals surface area contributed by atoms with Crippen LogP contribution in [0.2, 0.25) is 5.02 Å². The second-order valence-corrected chi connectivity index (χ2v) is 4.20. The zero-order valence-corrected chi connectivity index (χ0v) is 10.2.